The van der Waals surface area contributed by atoms with Crippen LogP contribution in [0, 0.1) is 0 Å². The molecule has 1 fully saturated rings. The lowest BCUT2D eigenvalue weighted by Gasteiger charge is -2.18. The monoisotopic (exact) mass is 442 g/mol. The minimum absolute atomic E-state index is 0.00671. The number of carbonyl (C=O) groups excluding carboxylic acids is 2. The van der Waals surface area contributed by atoms with E-state index in [1.807, 2.05) is 0 Å². The highest BCUT2D eigenvalue weighted by Gasteiger charge is 2.33. The predicted octanol–water partition coefficient (Wildman–Crippen LogP) is 2.85. The zero-order valence-electron chi connectivity index (χ0n) is 15.7. The normalized spacial score (nSPS) is 15.0. The number of carbonyl (C=O) groups is 2. The van der Waals surface area contributed by atoms with Gasteiger partial charge in [-0.25, -0.2) is 18.0 Å². The number of anilines is 1. The SMILES string of the molecule is COc1ccc(S(=O)(=O)NCc2cccc(C(F)(F)F)c2)cc1N1C(=O)CCC1=O. The van der Waals surface area contributed by atoms with Crippen LogP contribution in [0.1, 0.15) is 24.0 Å². The Balaban J connectivity index is 1.87. The van der Waals surface area contributed by atoms with Crippen molar-refractivity contribution < 1.29 is 35.9 Å². The summed E-state index contributed by atoms with van der Waals surface area (Å²) in [5, 5.41) is 0. The van der Waals surface area contributed by atoms with Crippen LogP contribution in [0.25, 0.3) is 0 Å². The van der Waals surface area contributed by atoms with Crippen LogP contribution in [0.4, 0.5) is 18.9 Å². The predicted molar refractivity (Wildman–Crippen MR) is 100 cm³/mol. The van der Waals surface area contributed by atoms with Gasteiger partial charge in [0.1, 0.15) is 5.75 Å². The molecule has 0 atom stereocenters. The molecule has 160 valence electrons. The molecule has 1 N–H and O–H groups in total. The van der Waals surface area contributed by atoms with Crippen molar-refractivity contribution >= 4 is 27.5 Å². The molecule has 11 heteroatoms. The maximum absolute atomic E-state index is 12.8. The average molecular weight is 442 g/mol. The van der Waals surface area contributed by atoms with Crippen LogP contribution in [-0.4, -0.2) is 27.3 Å². The van der Waals surface area contributed by atoms with Gasteiger partial charge in [0, 0.05) is 19.4 Å². The average Bonchev–Trinajstić information content (AvgIpc) is 3.03. The first-order valence-electron chi connectivity index (χ1n) is 8.72. The van der Waals surface area contributed by atoms with Crippen molar-refractivity contribution in [1.29, 1.82) is 0 Å². The summed E-state index contributed by atoms with van der Waals surface area (Å²) < 4.78 is 71.1. The zero-order chi connectivity index (χ0) is 22.1. The minimum Gasteiger partial charge on any atom is -0.495 e. The Bertz CT molecular complexity index is 1080. The first-order valence-corrected chi connectivity index (χ1v) is 10.2. The standard InChI is InChI=1S/C19H17F3N2O5S/c1-29-16-6-5-14(10-15(16)24-17(25)7-8-18(24)26)30(27,28)23-11-12-3-2-4-13(9-12)19(20,21)22/h2-6,9-10,23H,7-8,11H2,1H3. The summed E-state index contributed by atoms with van der Waals surface area (Å²) in [7, 11) is -2.85. The van der Waals surface area contributed by atoms with Gasteiger partial charge in [-0.05, 0) is 29.8 Å². The van der Waals surface area contributed by atoms with Crippen LogP contribution < -0.4 is 14.4 Å². The third-order valence-corrected chi connectivity index (χ3v) is 5.87. The van der Waals surface area contributed by atoms with Crippen LogP contribution in [-0.2, 0) is 32.3 Å². The molecule has 2 amide bonds. The molecule has 0 aromatic heterocycles. The second-order valence-corrected chi connectivity index (χ2v) is 8.25. The molecule has 0 aliphatic carbocycles. The molecule has 2 aromatic carbocycles. The van der Waals surface area contributed by atoms with Crippen molar-refractivity contribution in [2.75, 3.05) is 12.0 Å². The first kappa shape index (κ1) is 21.8. The minimum atomic E-state index is -4.55. The van der Waals surface area contributed by atoms with E-state index in [2.05, 4.69) is 4.72 Å². The fourth-order valence-electron chi connectivity index (χ4n) is 2.98. The van der Waals surface area contributed by atoms with E-state index in [1.54, 1.807) is 0 Å². The maximum Gasteiger partial charge on any atom is 0.416 e. The topological polar surface area (TPSA) is 92.8 Å². The Morgan fingerprint density at radius 1 is 1.07 bits per heavy atom. The van der Waals surface area contributed by atoms with Gasteiger partial charge in [-0.15, -0.1) is 0 Å². The van der Waals surface area contributed by atoms with E-state index in [0.717, 1.165) is 23.1 Å². The van der Waals surface area contributed by atoms with Gasteiger partial charge in [0.05, 0.1) is 23.3 Å². The summed E-state index contributed by atoms with van der Waals surface area (Å²) in [6.45, 7) is -0.380. The van der Waals surface area contributed by atoms with Crippen molar-refractivity contribution in [1.82, 2.24) is 4.72 Å². The highest BCUT2D eigenvalue weighted by atomic mass is 32.2. The molecule has 3 rings (SSSR count). The largest absolute Gasteiger partial charge is 0.495 e. The number of nitrogens with zero attached hydrogens (tertiary/aromatic N) is 1. The van der Waals surface area contributed by atoms with Gasteiger partial charge in [-0.3, -0.25) is 9.59 Å². The Morgan fingerprint density at radius 3 is 2.33 bits per heavy atom. The van der Waals surface area contributed by atoms with E-state index >= 15 is 0 Å². The molecule has 1 saturated heterocycles. The lowest BCUT2D eigenvalue weighted by atomic mass is 10.1. The number of methoxy groups -OCH3 is 1. The van der Waals surface area contributed by atoms with E-state index in [1.165, 1.54) is 31.4 Å². The number of imide groups is 1. The number of benzene rings is 2. The summed E-state index contributed by atoms with van der Waals surface area (Å²) in [6, 6.07) is 7.91. The zero-order valence-corrected chi connectivity index (χ0v) is 16.5. The van der Waals surface area contributed by atoms with Crippen molar-refractivity contribution in [3.63, 3.8) is 0 Å². The van der Waals surface area contributed by atoms with Crippen LogP contribution in [0.3, 0.4) is 0 Å². The Morgan fingerprint density at radius 2 is 1.73 bits per heavy atom. The number of amides is 2. The van der Waals surface area contributed by atoms with Gasteiger partial charge in [0.25, 0.3) is 0 Å². The number of halogens is 3. The Kier molecular flexibility index (Phi) is 5.86. The number of hydrogen-bond acceptors (Lipinski definition) is 5. The highest BCUT2D eigenvalue weighted by Crippen LogP contribution is 2.34. The van der Waals surface area contributed by atoms with Crippen molar-refractivity contribution in [3.8, 4) is 5.75 Å². The maximum atomic E-state index is 12.8. The fourth-order valence-corrected chi connectivity index (χ4v) is 4.01. The number of sulfonamides is 1. The first-order chi connectivity index (χ1) is 14.0. The van der Waals surface area contributed by atoms with Crippen LogP contribution in [0.15, 0.2) is 47.4 Å². The summed E-state index contributed by atoms with van der Waals surface area (Å²) >= 11 is 0. The molecule has 1 heterocycles. The van der Waals surface area contributed by atoms with Gasteiger partial charge in [0.2, 0.25) is 21.8 Å². The number of hydrogen-bond donors (Lipinski definition) is 1. The van der Waals surface area contributed by atoms with E-state index < -0.39 is 33.6 Å². The second kappa shape index (κ2) is 8.07. The highest BCUT2D eigenvalue weighted by molar-refractivity contribution is 7.89. The molecule has 0 saturated carbocycles. The fraction of sp³-hybridized carbons (Fsp3) is 0.263. The lowest BCUT2D eigenvalue weighted by Crippen LogP contribution is -2.29. The van der Waals surface area contributed by atoms with Crippen molar-refractivity contribution in [2.24, 2.45) is 0 Å². The third-order valence-electron chi connectivity index (χ3n) is 4.47. The molecule has 1 aliphatic heterocycles. The van der Waals surface area contributed by atoms with Gasteiger partial charge >= 0.3 is 6.18 Å². The molecule has 2 aromatic rings. The molecule has 0 unspecified atom stereocenters. The molecule has 7 nitrogen and oxygen atoms in total. The summed E-state index contributed by atoms with van der Waals surface area (Å²) in [6.07, 6.45) is -4.53. The summed E-state index contributed by atoms with van der Waals surface area (Å²) in [5.74, 6) is -0.829. The molecular formula is C19H17F3N2O5S. The molecular weight excluding hydrogens is 425 g/mol. The Labute approximate surface area is 170 Å². The van der Waals surface area contributed by atoms with Crippen LogP contribution in [0.2, 0.25) is 0 Å². The van der Waals surface area contributed by atoms with E-state index in [-0.39, 0.29) is 41.3 Å². The van der Waals surface area contributed by atoms with Gasteiger partial charge in [-0.1, -0.05) is 18.2 Å². The van der Waals surface area contributed by atoms with Crippen molar-refractivity contribution in [3.05, 3.63) is 53.6 Å². The van der Waals surface area contributed by atoms with E-state index in [4.69, 9.17) is 4.74 Å². The second-order valence-electron chi connectivity index (χ2n) is 6.48. The summed E-state index contributed by atoms with van der Waals surface area (Å²) in [5.41, 5.74) is -0.782. The number of ether oxygens (including phenoxy) is 1. The van der Waals surface area contributed by atoms with Gasteiger partial charge in [0.15, 0.2) is 0 Å². The molecule has 0 bridgehead atoms. The number of nitrogens with one attached hydrogen (secondary N) is 1. The van der Waals surface area contributed by atoms with Crippen LogP contribution in [0.5, 0.6) is 5.75 Å². The molecule has 1 aliphatic rings. The van der Waals surface area contributed by atoms with E-state index in [0.29, 0.717) is 0 Å². The molecule has 0 radical (unpaired) electrons. The number of alkyl halides is 3. The van der Waals surface area contributed by atoms with Crippen molar-refractivity contribution in [2.45, 2.75) is 30.5 Å². The smallest absolute Gasteiger partial charge is 0.416 e. The third kappa shape index (κ3) is 4.46. The lowest BCUT2D eigenvalue weighted by molar-refractivity contribution is -0.137. The van der Waals surface area contributed by atoms with Crippen LogP contribution >= 0.6 is 0 Å². The molecule has 0 spiro atoms. The number of rotatable bonds is 6. The van der Waals surface area contributed by atoms with E-state index in [9.17, 15) is 31.2 Å². The Hall–Kier alpha value is -2.92. The van der Waals surface area contributed by atoms with Gasteiger partial charge in [-0.2, -0.15) is 13.2 Å². The quantitative estimate of drug-likeness (QED) is 0.695. The summed E-state index contributed by atoms with van der Waals surface area (Å²) in [4.78, 5) is 24.7. The molecule has 30 heavy (non-hydrogen) atoms. The van der Waals surface area contributed by atoms with Gasteiger partial charge < -0.3 is 4.74 Å².